The highest BCUT2D eigenvalue weighted by atomic mass is 16.4. The number of carbonyl (C=O) groups is 2. The van der Waals surface area contributed by atoms with Crippen LogP contribution in [0.5, 0.6) is 0 Å². The van der Waals surface area contributed by atoms with Crippen LogP contribution in [-0.4, -0.2) is 21.8 Å². The molecule has 1 fully saturated rings. The number of carbonyl (C=O) groups excluding carboxylic acids is 1. The summed E-state index contributed by atoms with van der Waals surface area (Å²) in [4.78, 5) is 27.9. The summed E-state index contributed by atoms with van der Waals surface area (Å²) in [6.07, 6.45) is 16.0. The molecule has 1 aliphatic rings. The molecule has 0 aliphatic heterocycles. The summed E-state index contributed by atoms with van der Waals surface area (Å²) in [5, 5.41) is 8.66. The van der Waals surface area contributed by atoms with E-state index >= 15 is 0 Å². The van der Waals surface area contributed by atoms with Gasteiger partial charge < -0.3 is 9.52 Å². The lowest BCUT2D eigenvalue weighted by molar-refractivity contribution is -0.132. The lowest BCUT2D eigenvalue weighted by Gasteiger charge is -2.34. The number of pyridine rings is 1. The van der Waals surface area contributed by atoms with Crippen LogP contribution >= 0.6 is 0 Å². The van der Waals surface area contributed by atoms with E-state index in [0.29, 0.717) is 28.1 Å². The van der Waals surface area contributed by atoms with Crippen molar-refractivity contribution in [3.63, 3.8) is 0 Å². The fraction of sp³-hybridized carbons (Fsp3) is 0.674. The summed E-state index contributed by atoms with van der Waals surface area (Å²) in [5.41, 5.74) is 6.99. The first-order valence-corrected chi connectivity index (χ1v) is 19.7. The van der Waals surface area contributed by atoms with E-state index in [-0.39, 0.29) is 22.7 Å². The Kier molecular flexibility index (Phi) is 20.9. The first kappa shape index (κ1) is 48.0. The zero-order valence-corrected chi connectivity index (χ0v) is 35.9. The highest BCUT2D eigenvalue weighted by Gasteiger charge is 2.31. The number of rotatable bonds is 10. The van der Waals surface area contributed by atoms with Gasteiger partial charge in [0.25, 0.3) is 0 Å². The smallest absolute Gasteiger partial charge is 0.335 e. The maximum Gasteiger partial charge on any atom is 0.335 e. The number of carboxylic acid groups (broad SMARTS) is 1. The molecule has 3 rings (SSSR count). The Morgan fingerprint density at radius 3 is 1.88 bits per heavy atom. The molecule has 2 aromatic heterocycles. The third-order valence-corrected chi connectivity index (χ3v) is 9.33. The molecule has 0 aromatic carbocycles. The fourth-order valence-corrected chi connectivity index (χ4v) is 5.67. The Balaban J connectivity index is 0.000000836. The largest absolute Gasteiger partial charge is 0.478 e. The fourth-order valence-electron chi connectivity index (χ4n) is 5.67. The standard InChI is InChI=1S/C23H33NO2.C12H18O2.C7H16.C4H10/c1-14(2)20(25)19-13-18-21(26-19)16(22(3,4)5)12-17(24-18)15-8-10-23(6,7)11-9-15;1-5-6-9(2)7-8-10(3)11(4)12(13)14;1-5-6-7(2,3)4;1-3-4-2/h12-15H,8-11H2,1-7H3;7-8H,4-6H2,1-3H3,(H,13,14);5-6H2,1-4H3;3-4H2,1-2H3/b;9-7-,10-8-;;. The number of hydrogen-bond donors (Lipinski definition) is 1. The minimum atomic E-state index is -0.958. The third-order valence-electron chi connectivity index (χ3n) is 9.33. The van der Waals surface area contributed by atoms with Gasteiger partial charge in [-0.3, -0.25) is 4.79 Å². The van der Waals surface area contributed by atoms with Gasteiger partial charge in [0.1, 0.15) is 5.52 Å². The Hall–Kier alpha value is -2.95. The lowest BCUT2D eigenvalue weighted by Crippen LogP contribution is -2.21. The molecule has 0 atom stereocenters. The average Bonchev–Trinajstić information content (AvgIpc) is 3.46. The molecule has 0 bridgehead atoms. The monoisotopic (exact) mass is 708 g/mol. The first-order valence-electron chi connectivity index (χ1n) is 19.7. The molecule has 0 unspecified atom stereocenters. The summed E-state index contributed by atoms with van der Waals surface area (Å²) in [6.45, 7) is 37.9. The van der Waals surface area contributed by atoms with Gasteiger partial charge in [0.2, 0.25) is 5.78 Å². The maximum absolute atomic E-state index is 12.4. The van der Waals surface area contributed by atoms with E-state index in [0.717, 1.165) is 29.5 Å². The Bertz CT molecular complexity index is 1420. The van der Waals surface area contributed by atoms with Crippen LogP contribution in [0.4, 0.5) is 0 Å². The number of allylic oxidation sites excluding steroid dienone is 3. The van der Waals surface area contributed by atoms with Crippen LogP contribution in [0.25, 0.3) is 11.1 Å². The van der Waals surface area contributed by atoms with Gasteiger partial charge in [0, 0.05) is 29.2 Å². The van der Waals surface area contributed by atoms with Crippen LogP contribution in [0.15, 0.2) is 52.0 Å². The Labute approximate surface area is 313 Å². The number of fused-ring (bicyclic) bond motifs is 1. The van der Waals surface area contributed by atoms with E-state index in [4.69, 9.17) is 14.5 Å². The van der Waals surface area contributed by atoms with Crippen LogP contribution < -0.4 is 0 Å². The number of ketones is 1. The Morgan fingerprint density at radius 1 is 0.941 bits per heavy atom. The number of furan rings is 1. The predicted molar refractivity (Wildman–Crippen MR) is 221 cm³/mol. The van der Waals surface area contributed by atoms with E-state index in [2.05, 4.69) is 95.7 Å². The Morgan fingerprint density at radius 2 is 1.49 bits per heavy atom. The summed E-state index contributed by atoms with van der Waals surface area (Å²) in [6, 6.07) is 4.08. The highest BCUT2D eigenvalue weighted by Crippen LogP contribution is 2.43. The van der Waals surface area contributed by atoms with Crippen molar-refractivity contribution in [3.8, 4) is 0 Å². The normalized spacial score (nSPS) is 15.2. The van der Waals surface area contributed by atoms with Crippen molar-refractivity contribution >= 4 is 22.9 Å². The minimum absolute atomic E-state index is 0.0452. The SMILES string of the molecule is C=C(C(=O)O)/C(C)=C\C=C(\C)CCC.CC(C)C(=O)c1cc2nc(C3CCC(C)(C)CC3)cc(C(C)(C)C)c2o1.CCCC.CCCC(C)(C)C. The molecule has 2 aromatic rings. The zero-order valence-electron chi connectivity index (χ0n) is 35.9. The number of aromatic nitrogens is 1. The molecule has 2 heterocycles. The second-order valence-corrected chi connectivity index (χ2v) is 17.8. The first-order chi connectivity index (χ1) is 23.4. The number of aliphatic carboxylic acids is 1. The number of carboxylic acids is 1. The van der Waals surface area contributed by atoms with Crippen molar-refractivity contribution in [3.05, 3.63) is 64.6 Å². The van der Waals surface area contributed by atoms with E-state index < -0.39 is 5.97 Å². The molecule has 0 spiro atoms. The van der Waals surface area contributed by atoms with Crippen LogP contribution in [0, 0.1) is 16.7 Å². The predicted octanol–water partition coefficient (Wildman–Crippen LogP) is 14.6. The van der Waals surface area contributed by atoms with Gasteiger partial charge in [-0.05, 0) is 80.3 Å². The molecule has 51 heavy (non-hydrogen) atoms. The number of unbranched alkanes of at least 4 members (excludes halogenated alkanes) is 1. The highest BCUT2D eigenvalue weighted by molar-refractivity contribution is 5.98. The van der Waals surface area contributed by atoms with E-state index in [1.165, 1.54) is 62.6 Å². The molecule has 0 saturated heterocycles. The number of hydrogen-bond acceptors (Lipinski definition) is 4. The number of Topliss-reactive ketones (excluding diaryl/α,β-unsaturated/α-hetero) is 1. The van der Waals surface area contributed by atoms with Crippen molar-refractivity contribution < 1.29 is 19.1 Å². The molecule has 1 aliphatic carbocycles. The summed E-state index contributed by atoms with van der Waals surface area (Å²) in [7, 11) is 0. The van der Waals surface area contributed by atoms with Crippen LogP contribution in [0.2, 0.25) is 0 Å². The molecule has 1 saturated carbocycles. The molecule has 1 N–H and O–H groups in total. The quantitative estimate of drug-likeness (QED) is 0.151. The van der Waals surface area contributed by atoms with Crippen molar-refractivity contribution in [2.24, 2.45) is 16.7 Å². The lowest BCUT2D eigenvalue weighted by atomic mass is 9.72. The zero-order chi connectivity index (χ0) is 39.7. The molecule has 290 valence electrons. The van der Waals surface area contributed by atoms with Crippen LogP contribution in [0.1, 0.15) is 203 Å². The summed E-state index contributed by atoms with van der Waals surface area (Å²) >= 11 is 0. The maximum atomic E-state index is 12.4. The van der Waals surface area contributed by atoms with E-state index in [1.807, 2.05) is 32.9 Å². The van der Waals surface area contributed by atoms with Crippen LogP contribution in [0.3, 0.4) is 0 Å². The van der Waals surface area contributed by atoms with Crippen LogP contribution in [-0.2, 0) is 10.2 Å². The van der Waals surface area contributed by atoms with Gasteiger partial charge >= 0.3 is 5.97 Å². The average molecular weight is 708 g/mol. The van der Waals surface area contributed by atoms with Crippen molar-refractivity contribution in [1.82, 2.24) is 4.98 Å². The molecular weight excluding hydrogens is 631 g/mol. The molecule has 0 amide bonds. The topological polar surface area (TPSA) is 80.4 Å². The molecular formula is C46H77NO4. The minimum Gasteiger partial charge on any atom is -0.478 e. The second-order valence-electron chi connectivity index (χ2n) is 17.8. The van der Waals surface area contributed by atoms with Gasteiger partial charge in [0.05, 0.1) is 5.57 Å². The molecule has 5 nitrogen and oxygen atoms in total. The van der Waals surface area contributed by atoms with Gasteiger partial charge in [-0.25, -0.2) is 9.78 Å². The third kappa shape index (κ3) is 18.4. The van der Waals surface area contributed by atoms with E-state index in [1.54, 1.807) is 13.0 Å². The van der Waals surface area contributed by atoms with Crippen molar-refractivity contribution in [1.29, 1.82) is 0 Å². The molecule has 5 heteroatoms. The van der Waals surface area contributed by atoms with Gasteiger partial charge in [-0.15, -0.1) is 0 Å². The second kappa shape index (κ2) is 22.2. The summed E-state index contributed by atoms with van der Waals surface area (Å²) in [5.74, 6) is -0.0413. The van der Waals surface area contributed by atoms with Crippen molar-refractivity contribution in [2.75, 3.05) is 0 Å². The van der Waals surface area contributed by atoms with Gasteiger partial charge in [-0.2, -0.15) is 0 Å². The van der Waals surface area contributed by atoms with Gasteiger partial charge in [-0.1, -0.05) is 147 Å². The number of nitrogens with zero attached hydrogens (tertiary/aromatic N) is 1. The molecule has 0 radical (unpaired) electrons. The van der Waals surface area contributed by atoms with Crippen molar-refractivity contribution in [2.45, 2.75) is 186 Å². The van der Waals surface area contributed by atoms with E-state index in [9.17, 15) is 9.59 Å². The van der Waals surface area contributed by atoms with Gasteiger partial charge in [0.15, 0.2) is 11.3 Å². The summed E-state index contributed by atoms with van der Waals surface area (Å²) < 4.78 is 6.01.